The predicted molar refractivity (Wildman–Crippen MR) is 85.9 cm³/mol. The zero-order chi connectivity index (χ0) is 15.4. The van der Waals surface area contributed by atoms with Crippen LogP contribution in [0.25, 0.3) is 0 Å². The van der Waals surface area contributed by atoms with Crippen LogP contribution in [0.5, 0.6) is 0 Å². The molecule has 0 atom stereocenters. The molecule has 0 aliphatic heterocycles. The van der Waals surface area contributed by atoms with E-state index in [9.17, 15) is 9.18 Å². The Balaban J connectivity index is 2.08. The van der Waals surface area contributed by atoms with Crippen molar-refractivity contribution >= 4 is 27.5 Å². The quantitative estimate of drug-likeness (QED) is 0.906. The van der Waals surface area contributed by atoms with Gasteiger partial charge in [-0.3, -0.25) is 4.79 Å². The second-order valence-electron chi connectivity index (χ2n) is 4.88. The first-order valence-corrected chi connectivity index (χ1v) is 7.26. The molecule has 0 spiro atoms. The molecule has 21 heavy (non-hydrogen) atoms. The van der Waals surface area contributed by atoms with Crippen LogP contribution in [0.3, 0.4) is 0 Å². The van der Waals surface area contributed by atoms with Crippen molar-refractivity contribution in [2.45, 2.75) is 6.54 Å². The van der Waals surface area contributed by atoms with Gasteiger partial charge in [0.15, 0.2) is 0 Å². The number of carbonyl (C=O) groups is 1. The molecule has 0 aliphatic carbocycles. The van der Waals surface area contributed by atoms with Crippen LogP contribution in [-0.4, -0.2) is 24.9 Å². The molecule has 0 radical (unpaired) electrons. The first-order chi connectivity index (χ1) is 9.97. The third-order valence-electron chi connectivity index (χ3n) is 3.00. The van der Waals surface area contributed by atoms with E-state index in [1.54, 1.807) is 32.3 Å². The molecule has 0 aliphatic rings. The lowest BCUT2D eigenvalue weighted by atomic mass is 10.1. The van der Waals surface area contributed by atoms with Crippen molar-refractivity contribution in [3.8, 4) is 0 Å². The number of nitrogens with zero attached hydrogens (tertiary/aromatic N) is 1. The summed E-state index contributed by atoms with van der Waals surface area (Å²) in [7, 11) is 3.43. The minimum absolute atomic E-state index is 0.0478. The van der Waals surface area contributed by atoms with Crippen LogP contribution < -0.4 is 5.32 Å². The first kappa shape index (κ1) is 15.5. The third-order valence-corrected chi connectivity index (χ3v) is 3.64. The topological polar surface area (TPSA) is 32.3 Å². The molecule has 0 bridgehead atoms. The van der Waals surface area contributed by atoms with E-state index in [1.807, 2.05) is 18.2 Å². The number of amides is 1. The van der Waals surface area contributed by atoms with Crippen LogP contribution in [0.1, 0.15) is 15.9 Å². The molecule has 2 rings (SSSR count). The van der Waals surface area contributed by atoms with Gasteiger partial charge in [0.05, 0.1) is 4.47 Å². The number of carbonyl (C=O) groups excluding carboxylic acids is 1. The first-order valence-electron chi connectivity index (χ1n) is 6.47. The lowest BCUT2D eigenvalue weighted by Gasteiger charge is -2.12. The van der Waals surface area contributed by atoms with Gasteiger partial charge in [0, 0.05) is 31.9 Å². The Hall–Kier alpha value is -1.88. The standard InChI is InChI=1S/C16H16BrFN2O/c1-20(2)16(21)12-4-3-5-13(9-12)19-10-11-6-7-14(17)15(18)8-11/h3-9,19H,10H2,1-2H3. The van der Waals surface area contributed by atoms with Crippen molar-refractivity contribution in [2.24, 2.45) is 0 Å². The fourth-order valence-electron chi connectivity index (χ4n) is 1.87. The highest BCUT2D eigenvalue weighted by Gasteiger charge is 2.08. The van der Waals surface area contributed by atoms with Crippen molar-refractivity contribution in [1.82, 2.24) is 4.90 Å². The molecular weight excluding hydrogens is 335 g/mol. The minimum atomic E-state index is -0.286. The van der Waals surface area contributed by atoms with Gasteiger partial charge in [0.25, 0.3) is 5.91 Å². The average Bonchev–Trinajstić information content (AvgIpc) is 2.48. The zero-order valence-electron chi connectivity index (χ0n) is 11.9. The predicted octanol–water partition coefficient (Wildman–Crippen LogP) is 3.90. The van der Waals surface area contributed by atoms with Crippen molar-refractivity contribution in [3.05, 3.63) is 63.9 Å². The van der Waals surface area contributed by atoms with Crippen molar-refractivity contribution in [2.75, 3.05) is 19.4 Å². The van der Waals surface area contributed by atoms with E-state index >= 15 is 0 Å². The lowest BCUT2D eigenvalue weighted by molar-refractivity contribution is 0.0827. The van der Waals surface area contributed by atoms with Gasteiger partial charge < -0.3 is 10.2 Å². The molecular formula is C16H16BrFN2O. The maximum absolute atomic E-state index is 13.4. The van der Waals surface area contributed by atoms with Crippen LogP contribution in [-0.2, 0) is 6.54 Å². The van der Waals surface area contributed by atoms with Crippen LogP contribution in [0.4, 0.5) is 10.1 Å². The van der Waals surface area contributed by atoms with E-state index in [4.69, 9.17) is 0 Å². The largest absolute Gasteiger partial charge is 0.381 e. The van der Waals surface area contributed by atoms with Crippen LogP contribution in [0, 0.1) is 5.82 Å². The van der Waals surface area contributed by atoms with Crippen molar-refractivity contribution < 1.29 is 9.18 Å². The maximum atomic E-state index is 13.4. The molecule has 2 aromatic rings. The Morgan fingerprint density at radius 2 is 2.00 bits per heavy atom. The summed E-state index contributed by atoms with van der Waals surface area (Å²) in [4.78, 5) is 13.4. The number of hydrogen-bond acceptors (Lipinski definition) is 2. The second kappa shape index (κ2) is 6.72. The molecule has 0 unspecified atom stereocenters. The molecule has 1 amide bonds. The molecule has 0 fully saturated rings. The molecule has 0 heterocycles. The fraction of sp³-hybridized carbons (Fsp3) is 0.188. The van der Waals surface area contributed by atoms with Gasteiger partial charge in [-0.25, -0.2) is 4.39 Å². The average molecular weight is 351 g/mol. The number of anilines is 1. The summed E-state index contributed by atoms with van der Waals surface area (Å²) < 4.78 is 13.9. The summed E-state index contributed by atoms with van der Waals surface area (Å²) in [5.41, 5.74) is 2.28. The van der Waals surface area contributed by atoms with Gasteiger partial charge in [-0.1, -0.05) is 12.1 Å². The zero-order valence-corrected chi connectivity index (χ0v) is 13.4. The third kappa shape index (κ3) is 4.04. The van der Waals surface area contributed by atoms with Crippen LogP contribution in [0.2, 0.25) is 0 Å². The van der Waals surface area contributed by atoms with Crippen molar-refractivity contribution in [1.29, 1.82) is 0 Å². The number of nitrogens with one attached hydrogen (secondary N) is 1. The van der Waals surface area contributed by atoms with Gasteiger partial charge in [-0.15, -0.1) is 0 Å². The summed E-state index contributed by atoms with van der Waals surface area (Å²) >= 11 is 3.13. The van der Waals surface area contributed by atoms with Gasteiger partial charge in [0.2, 0.25) is 0 Å². The molecule has 5 heteroatoms. The second-order valence-corrected chi connectivity index (χ2v) is 5.74. The van der Waals surface area contributed by atoms with Gasteiger partial charge in [-0.05, 0) is 51.8 Å². The van der Waals surface area contributed by atoms with E-state index in [0.717, 1.165) is 11.3 Å². The highest BCUT2D eigenvalue weighted by Crippen LogP contribution is 2.18. The van der Waals surface area contributed by atoms with Crippen LogP contribution in [0.15, 0.2) is 46.9 Å². The summed E-state index contributed by atoms with van der Waals surface area (Å²) in [6.45, 7) is 0.490. The normalized spacial score (nSPS) is 10.3. The molecule has 3 nitrogen and oxygen atoms in total. The Labute approximate surface area is 131 Å². The Morgan fingerprint density at radius 3 is 2.67 bits per heavy atom. The maximum Gasteiger partial charge on any atom is 0.253 e. The lowest BCUT2D eigenvalue weighted by Crippen LogP contribution is -2.21. The van der Waals surface area contributed by atoms with E-state index in [2.05, 4.69) is 21.2 Å². The SMILES string of the molecule is CN(C)C(=O)c1cccc(NCc2ccc(Br)c(F)c2)c1. The summed E-state index contributed by atoms with van der Waals surface area (Å²) in [5, 5.41) is 3.19. The summed E-state index contributed by atoms with van der Waals surface area (Å²) in [5.74, 6) is -0.334. The molecule has 1 N–H and O–H groups in total. The van der Waals surface area contributed by atoms with E-state index in [1.165, 1.54) is 11.0 Å². The molecule has 2 aromatic carbocycles. The van der Waals surface area contributed by atoms with Crippen molar-refractivity contribution in [3.63, 3.8) is 0 Å². The number of benzene rings is 2. The molecule has 0 aromatic heterocycles. The number of rotatable bonds is 4. The number of hydrogen-bond donors (Lipinski definition) is 1. The minimum Gasteiger partial charge on any atom is -0.381 e. The van der Waals surface area contributed by atoms with E-state index in [-0.39, 0.29) is 11.7 Å². The molecule has 0 saturated heterocycles. The monoisotopic (exact) mass is 350 g/mol. The van der Waals surface area contributed by atoms with Gasteiger partial charge in [0.1, 0.15) is 5.82 Å². The van der Waals surface area contributed by atoms with E-state index < -0.39 is 0 Å². The van der Waals surface area contributed by atoms with Gasteiger partial charge >= 0.3 is 0 Å². The smallest absolute Gasteiger partial charge is 0.253 e. The van der Waals surface area contributed by atoms with Gasteiger partial charge in [-0.2, -0.15) is 0 Å². The Morgan fingerprint density at radius 1 is 1.24 bits per heavy atom. The summed E-state index contributed by atoms with van der Waals surface area (Å²) in [6.07, 6.45) is 0. The van der Waals surface area contributed by atoms with E-state index in [0.29, 0.717) is 16.6 Å². The molecule has 110 valence electrons. The number of halogens is 2. The highest BCUT2D eigenvalue weighted by atomic mass is 79.9. The Bertz CT molecular complexity index is 658. The highest BCUT2D eigenvalue weighted by molar-refractivity contribution is 9.10. The molecule has 0 saturated carbocycles. The Kier molecular flexibility index (Phi) is 4.96. The fourth-order valence-corrected chi connectivity index (χ4v) is 2.12. The summed E-state index contributed by atoms with van der Waals surface area (Å²) in [6, 6.07) is 12.3. The van der Waals surface area contributed by atoms with Crippen LogP contribution >= 0.6 is 15.9 Å².